The maximum absolute atomic E-state index is 10.8. The predicted molar refractivity (Wildman–Crippen MR) is 142 cm³/mol. The molecule has 0 aliphatic rings. The van der Waals surface area contributed by atoms with Gasteiger partial charge in [0.25, 0.3) is 0 Å². The van der Waals surface area contributed by atoms with E-state index in [1.807, 2.05) is 12.1 Å². The van der Waals surface area contributed by atoms with Crippen LogP contribution in [0.3, 0.4) is 0 Å². The Balaban J connectivity index is 2.33. The highest BCUT2D eigenvalue weighted by atomic mass is 16.3. The molecule has 0 amide bonds. The van der Waals surface area contributed by atoms with Gasteiger partial charge in [0, 0.05) is 34.7 Å². The summed E-state index contributed by atoms with van der Waals surface area (Å²) in [5.74, 6) is 1.25. The van der Waals surface area contributed by atoms with Crippen molar-refractivity contribution in [3.8, 4) is 11.5 Å². The zero-order valence-electron chi connectivity index (χ0n) is 22.1. The number of aromatic hydroxyl groups is 2. The maximum atomic E-state index is 10.8. The summed E-state index contributed by atoms with van der Waals surface area (Å²) in [5, 5.41) is 21.7. The van der Waals surface area contributed by atoms with E-state index in [0.717, 1.165) is 11.1 Å². The molecule has 0 atom stereocenters. The van der Waals surface area contributed by atoms with Gasteiger partial charge in [0.1, 0.15) is 18.2 Å². The molecule has 2 rings (SSSR count). The monoisotopic (exact) mass is 450 g/mol. The van der Waals surface area contributed by atoms with E-state index in [2.05, 4.69) is 91.4 Å². The lowest BCUT2D eigenvalue weighted by molar-refractivity contribution is 0.444. The van der Waals surface area contributed by atoms with Gasteiger partial charge in [-0.15, -0.1) is 0 Å². The van der Waals surface area contributed by atoms with E-state index < -0.39 is 0 Å². The van der Waals surface area contributed by atoms with Crippen LogP contribution < -0.4 is 0 Å². The van der Waals surface area contributed by atoms with Crippen LogP contribution in [0.15, 0.2) is 34.3 Å². The van der Waals surface area contributed by atoms with E-state index in [0.29, 0.717) is 23.0 Å². The molecule has 2 aromatic carbocycles. The summed E-state index contributed by atoms with van der Waals surface area (Å²) in [6.45, 7) is 21.4. The Morgan fingerprint density at radius 1 is 0.667 bits per heavy atom. The number of rotatable bonds is 6. The van der Waals surface area contributed by atoms with Gasteiger partial charge in [0.2, 0.25) is 0 Å². The van der Waals surface area contributed by atoms with Crippen LogP contribution in [0.4, 0.5) is 0 Å². The zero-order valence-corrected chi connectivity index (χ0v) is 22.1. The van der Waals surface area contributed by atoms with Crippen LogP contribution in [0.5, 0.6) is 11.5 Å². The first kappa shape index (κ1) is 26.6. The van der Waals surface area contributed by atoms with Crippen LogP contribution in [0.25, 0.3) is 0 Å². The van der Waals surface area contributed by atoms with Crippen molar-refractivity contribution < 1.29 is 10.2 Å². The Labute approximate surface area is 200 Å². The molecule has 0 aliphatic heterocycles. The van der Waals surface area contributed by atoms with E-state index in [1.54, 1.807) is 12.4 Å². The third-order valence-corrected chi connectivity index (χ3v) is 5.90. The van der Waals surface area contributed by atoms with Gasteiger partial charge in [-0.05, 0) is 45.9 Å². The molecule has 0 saturated carbocycles. The SMILES string of the molecule is CC(C)c1cc(C=NCN=Cc2cc(C(C)C)cc(C(C)(C)C)c2O)c(O)c(C(C)(C)C)c1. The molecule has 4 heteroatoms. The molecule has 0 spiro atoms. The second-order valence-electron chi connectivity index (χ2n) is 11.6. The fraction of sp³-hybridized carbons (Fsp3) is 0.517. The molecule has 2 N–H and O–H groups in total. The number of phenolic OH excluding ortho intramolecular Hbond substituents is 2. The van der Waals surface area contributed by atoms with Gasteiger partial charge in [0.05, 0.1) is 0 Å². The Morgan fingerprint density at radius 2 is 1.00 bits per heavy atom. The van der Waals surface area contributed by atoms with Crippen molar-refractivity contribution in [2.75, 3.05) is 6.67 Å². The molecule has 0 aromatic heterocycles. The highest BCUT2D eigenvalue weighted by Gasteiger charge is 2.22. The lowest BCUT2D eigenvalue weighted by Crippen LogP contribution is -2.13. The number of benzene rings is 2. The number of hydrogen-bond acceptors (Lipinski definition) is 4. The molecule has 0 radical (unpaired) electrons. The summed E-state index contributed by atoms with van der Waals surface area (Å²) in [6, 6.07) is 8.17. The van der Waals surface area contributed by atoms with Gasteiger partial charge < -0.3 is 10.2 Å². The molecular formula is C29H42N2O2. The molecular weight excluding hydrogens is 408 g/mol. The van der Waals surface area contributed by atoms with Gasteiger partial charge in [-0.3, -0.25) is 9.98 Å². The maximum Gasteiger partial charge on any atom is 0.129 e. The molecule has 4 nitrogen and oxygen atoms in total. The summed E-state index contributed by atoms with van der Waals surface area (Å²) in [7, 11) is 0. The van der Waals surface area contributed by atoms with E-state index >= 15 is 0 Å². The van der Waals surface area contributed by atoms with Gasteiger partial charge in [0.15, 0.2) is 0 Å². The van der Waals surface area contributed by atoms with Crippen LogP contribution in [-0.4, -0.2) is 29.3 Å². The average Bonchev–Trinajstić information content (AvgIpc) is 2.67. The molecule has 0 unspecified atom stereocenters. The molecule has 33 heavy (non-hydrogen) atoms. The quantitative estimate of drug-likeness (QED) is 0.449. The first-order valence-electron chi connectivity index (χ1n) is 11.9. The number of nitrogens with zero attached hydrogens (tertiary/aromatic N) is 2. The predicted octanol–water partition coefficient (Wildman–Crippen LogP) is 7.44. The highest BCUT2D eigenvalue weighted by molar-refractivity contribution is 5.86. The third-order valence-electron chi connectivity index (χ3n) is 5.90. The second-order valence-corrected chi connectivity index (χ2v) is 11.6. The lowest BCUT2D eigenvalue weighted by atomic mass is 9.83. The van der Waals surface area contributed by atoms with E-state index in [4.69, 9.17) is 0 Å². The van der Waals surface area contributed by atoms with E-state index in [-0.39, 0.29) is 29.0 Å². The van der Waals surface area contributed by atoms with Crippen LogP contribution in [0.1, 0.15) is 114 Å². The molecule has 0 fully saturated rings. The average molecular weight is 451 g/mol. The van der Waals surface area contributed by atoms with Gasteiger partial charge >= 0.3 is 0 Å². The highest BCUT2D eigenvalue weighted by Crippen LogP contribution is 2.36. The lowest BCUT2D eigenvalue weighted by Gasteiger charge is -2.23. The van der Waals surface area contributed by atoms with Gasteiger partial charge in [-0.1, -0.05) is 81.4 Å². The first-order chi connectivity index (χ1) is 15.1. The standard InChI is InChI=1S/C29H42N2O2/c1-18(2)20-11-22(26(32)24(13-20)28(5,6)7)15-30-17-31-16-23-12-21(19(3)4)14-25(27(23)33)29(8,9)10/h11-16,18-19,32-33H,17H2,1-10H3. The van der Waals surface area contributed by atoms with Crippen molar-refractivity contribution in [2.24, 2.45) is 9.98 Å². The topological polar surface area (TPSA) is 65.2 Å². The minimum Gasteiger partial charge on any atom is -0.507 e. The van der Waals surface area contributed by atoms with Crippen molar-refractivity contribution in [2.45, 2.75) is 91.9 Å². The number of aliphatic imine (C=N–C) groups is 2. The Kier molecular flexibility index (Phi) is 8.16. The van der Waals surface area contributed by atoms with Crippen LogP contribution in [0, 0.1) is 0 Å². The summed E-state index contributed by atoms with van der Waals surface area (Å²) in [6.07, 6.45) is 3.39. The largest absolute Gasteiger partial charge is 0.507 e. The first-order valence-corrected chi connectivity index (χ1v) is 11.9. The Hall–Kier alpha value is -2.62. The summed E-state index contributed by atoms with van der Waals surface area (Å²) in [5.41, 5.74) is 5.27. The second kappa shape index (κ2) is 10.1. The molecule has 0 heterocycles. The van der Waals surface area contributed by atoms with E-state index in [1.165, 1.54) is 11.1 Å². The Morgan fingerprint density at radius 3 is 1.27 bits per heavy atom. The summed E-state index contributed by atoms with van der Waals surface area (Å²) < 4.78 is 0. The smallest absolute Gasteiger partial charge is 0.129 e. The zero-order chi connectivity index (χ0) is 25.1. The van der Waals surface area contributed by atoms with Crippen molar-refractivity contribution in [3.63, 3.8) is 0 Å². The normalized spacial score (nSPS) is 13.2. The molecule has 2 aromatic rings. The van der Waals surface area contributed by atoms with E-state index in [9.17, 15) is 10.2 Å². The molecule has 0 saturated heterocycles. The van der Waals surface area contributed by atoms with Crippen molar-refractivity contribution >= 4 is 12.4 Å². The number of phenols is 2. The van der Waals surface area contributed by atoms with Crippen LogP contribution >= 0.6 is 0 Å². The molecule has 180 valence electrons. The Bertz CT molecular complexity index is 950. The summed E-state index contributed by atoms with van der Waals surface area (Å²) >= 11 is 0. The fourth-order valence-corrected chi connectivity index (χ4v) is 3.69. The summed E-state index contributed by atoms with van der Waals surface area (Å²) in [4.78, 5) is 8.87. The van der Waals surface area contributed by atoms with Crippen molar-refractivity contribution in [1.82, 2.24) is 0 Å². The van der Waals surface area contributed by atoms with Crippen molar-refractivity contribution in [1.29, 1.82) is 0 Å². The number of hydrogen-bond donors (Lipinski definition) is 2. The van der Waals surface area contributed by atoms with Crippen LogP contribution in [-0.2, 0) is 10.8 Å². The minimum absolute atomic E-state index is 0.167. The van der Waals surface area contributed by atoms with Crippen LogP contribution in [0.2, 0.25) is 0 Å². The van der Waals surface area contributed by atoms with Gasteiger partial charge in [-0.25, -0.2) is 0 Å². The molecule has 0 aliphatic carbocycles. The van der Waals surface area contributed by atoms with Crippen molar-refractivity contribution in [3.05, 3.63) is 57.6 Å². The molecule has 0 bridgehead atoms. The fourth-order valence-electron chi connectivity index (χ4n) is 3.69. The minimum atomic E-state index is -0.167. The van der Waals surface area contributed by atoms with Gasteiger partial charge in [-0.2, -0.15) is 0 Å². The third kappa shape index (κ3) is 6.69.